The molecule has 0 radical (unpaired) electrons. The number of amides is 1. The molecule has 0 aliphatic rings. The molecular formula is C9H18N2O3S. The summed E-state index contributed by atoms with van der Waals surface area (Å²) in [5.74, 6) is -0.510. The summed E-state index contributed by atoms with van der Waals surface area (Å²) in [6.07, 6.45) is 2.36. The molecule has 88 valence electrons. The van der Waals surface area contributed by atoms with Gasteiger partial charge in [0.1, 0.15) is 6.04 Å². The molecule has 0 saturated carbocycles. The molecule has 0 aromatic carbocycles. The van der Waals surface area contributed by atoms with Crippen molar-refractivity contribution >= 4 is 23.6 Å². The monoisotopic (exact) mass is 234 g/mol. The van der Waals surface area contributed by atoms with Crippen molar-refractivity contribution in [1.82, 2.24) is 10.2 Å². The number of carboxylic acids is 1. The molecular weight excluding hydrogens is 216 g/mol. The first-order valence-electron chi connectivity index (χ1n) is 4.63. The lowest BCUT2D eigenvalue weighted by molar-refractivity contribution is -0.141. The Balaban J connectivity index is 4.04. The van der Waals surface area contributed by atoms with Crippen LogP contribution in [0.3, 0.4) is 0 Å². The minimum absolute atomic E-state index is 0.211. The predicted octanol–water partition coefficient (Wildman–Crippen LogP) is -0.129. The number of likely N-dealkylation sites (N-methyl/N-ethyl adjacent to an activating group) is 1. The number of hydrogen-bond donors (Lipinski definition) is 2. The fraction of sp³-hybridized carbons (Fsp3) is 0.778. The van der Waals surface area contributed by atoms with Crippen LogP contribution in [0.4, 0.5) is 0 Å². The Morgan fingerprint density at radius 3 is 2.47 bits per heavy atom. The second-order valence-electron chi connectivity index (χ2n) is 3.48. The van der Waals surface area contributed by atoms with Crippen LogP contribution in [0.5, 0.6) is 0 Å². The summed E-state index contributed by atoms with van der Waals surface area (Å²) in [6, 6.07) is -0.773. The van der Waals surface area contributed by atoms with Crippen molar-refractivity contribution in [2.24, 2.45) is 0 Å². The topological polar surface area (TPSA) is 69.6 Å². The highest BCUT2D eigenvalue weighted by Crippen LogP contribution is 2.00. The molecule has 0 spiro atoms. The van der Waals surface area contributed by atoms with Crippen LogP contribution < -0.4 is 5.32 Å². The second-order valence-corrected chi connectivity index (χ2v) is 4.46. The zero-order valence-corrected chi connectivity index (χ0v) is 10.1. The van der Waals surface area contributed by atoms with E-state index in [2.05, 4.69) is 5.32 Å². The molecule has 6 heteroatoms. The standard InChI is InChI=1S/C9H18N2O3S/c1-11(2)6-8(12)10-7(9(13)14)4-5-15-3/h7H,4-6H2,1-3H3,(H,10,12)(H,13,14). The van der Waals surface area contributed by atoms with E-state index < -0.39 is 12.0 Å². The fourth-order valence-electron chi connectivity index (χ4n) is 1.02. The van der Waals surface area contributed by atoms with Crippen molar-refractivity contribution < 1.29 is 14.7 Å². The molecule has 0 aliphatic carbocycles. The third kappa shape index (κ3) is 7.21. The Morgan fingerprint density at radius 1 is 1.47 bits per heavy atom. The van der Waals surface area contributed by atoms with Crippen molar-refractivity contribution in [2.75, 3.05) is 32.6 Å². The Labute approximate surface area is 94.2 Å². The molecule has 1 amide bonds. The number of carboxylic acid groups (broad SMARTS) is 1. The summed E-state index contributed by atoms with van der Waals surface area (Å²) < 4.78 is 0. The first-order chi connectivity index (χ1) is 6.97. The lowest BCUT2D eigenvalue weighted by Crippen LogP contribution is -2.44. The largest absolute Gasteiger partial charge is 0.480 e. The maximum Gasteiger partial charge on any atom is 0.326 e. The van der Waals surface area contributed by atoms with E-state index in [-0.39, 0.29) is 12.5 Å². The van der Waals surface area contributed by atoms with Crippen LogP contribution in [0.1, 0.15) is 6.42 Å². The molecule has 0 fully saturated rings. The molecule has 0 bridgehead atoms. The second kappa shape index (κ2) is 7.53. The molecule has 1 atom stereocenters. The van der Waals surface area contributed by atoms with Crippen LogP contribution in [0.25, 0.3) is 0 Å². The van der Waals surface area contributed by atoms with E-state index in [1.165, 1.54) is 0 Å². The number of nitrogens with zero attached hydrogens (tertiary/aromatic N) is 1. The Kier molecular flexibility index (Phi) is 7.15. The number of hydrogen-bond acceptors (Lipinski definition) is 4. The van der Waals surface area contributed by atoms with E-state index in [0.717, 1.165) is 5.75 Å². The first kappa shape index (κ1) is 14.2. The van der Waals surface area contributed by atoms with Gasteiger partial charge in [-0.05, 0) is 32.5 Å². The molecule has 0 rings (SSSR count). The highest BCUT2D eigenvalue weighted by atomic mass is 32.2. The van der Waals surface area contributed by atoms with Gasteiger partial charge in [0, 0.05) is 0 Å². The Bertz CT molecular complexity index is 221. The lowest BCUT2D eigenvalue weighted by Gasteiger charge is -2.15. The Hall–Kier alpha value is -0.750. The van der Waals surface area contributed by atoms with Crippen LogP contribution >= 0.6 is 11.8 Å². The van der Waals surface area contributed by atoms with Crippen molar-refractivity contribution in [1.29, 1.82) is 0 Å². The van der Waals surface area contributed by atoms with E-state index in [1.54, 1.807) is 30.8 Å². The van der Waals surface area contributed by atoms with Gasteiger partial charge in [-0.1, -0.05) is 0 Å². The predicted molar refractivity (Wildman–Crippen MR) is 61.1 cm³/mol. The summed E-state index contributed by atoms with van der Waals surface area (Å²) in [7, 11) is 3.52. The highest BCUT2D eigenvalue weighted by Gasteiger charge is 2.19. The summed E-state index contributed by atoms with van der Waals surface area (Å²) in [6.45, 7) is 0.211. The van der Waals surface area contributed by atoms with E-state index in [0.29, 0.717) is 6.42 Å². The molecule has 0 aromatic rings. The van der Waals surface area contributed by atoms with Crippen LogP contribution in [-0.2, 0) is 9.59 Å². The average Bonchev–Trinajstić information content (AvgIpc) is 2.10. The lowest BCUT2D eigenvalue weighted by atomic mass is 10.2. The van der Waals surface area contributed by atoms with Crippen LogP contribution in [0.2, 0.25) is 0 Å². The third-order valence-corrected chi connectivity index (χ3v) is 2.35. The van der Waals surface area contributed by atoms with E-state index in [9.17, 15) is 9.59 Å². The van der Waals surface area contributed by atoms with Crippen LogP contribution in [-0.4, -0.2) is 60.6 Å². The van der Waals surface area contributed by atoms with Gasteiger partial charge in [-0.15, -0.1) is 0 Å². The number of thioether (sulfide) groups is 1. The first-order valence-corrected chi connectivity index (χ1v) is 6.02. The maximum absolute atomic E-state index is 11.3. The summed E-state index contributed by atoms with van der Waals surface area (Å²) in [5.41, 5.74) is 0. The molecule has 0 heterocycles. The van der Waals surface area contributed by atoms with Gasteiger partial charge in [0.15, 0.2) is 0 Å². The van der Waals surface area contributed by atoms with Gasteiger partial charge in [-0.25, -0.2) is 4.79 Å². The maximum atomic E-state index is 11.3. The normalized spacial score (nSPS) is 12.5. The molecule has 0 aliphatic heterocycles. The van der Waals surface area contributed by atoms with E-state index in [4.69, 9.17) is 5.11 Å². The summed E-state index contributed by atoms with van der Waals surface area (Å²) in [5, 5.41) is 11.3. The van der Waals surface area contributed by atoms with Gasteiger partial charge in [0.25, 0.3) is 0 Å². The number of nitrogens with one attached hydrogen (secondary N) is 1. The zero-order valence-electron chi connectivity index (χ0n) is 9.32. The summed E-state index contributed by atoms with van der Waals surface area (Å²) >= 11 is 1.56. The van der Waals surface area contributed by atoms with E-state index >= 15 is 0 Å². The number of aliphatic carboxylic acids is 1. The molecule has 0 aromatic heterocycles. The minimum atomic E-state index is -0.976. The van der Waals surface area contributed by atoms with Crippen molar-refractivity contribution in [3.05, 3.63) is 0 Å². The highest BCUT2D eigenvalue weighted by molar-refractivity contribution is 7.98. The van der Waals surface area contributed by atoms with Gasteiger partial charge in [-0.2, -0.15) is 11.8 Å². The van der Waals surface area contributed by atoms with Crippen molar-refractivity contribution in [3.63, 3.8) is 0 Å². The van der Waals surface area contributed by atoms with Gasteiger partial charge >= 0.3 is 5.97 Å². The average molecular weight is 234 g/mol. The fourth-order valence-corrected chi connectivity index (χ4v) is 1.49. The number of carbonyl (C=O) groups excluding carboxylic acids is 1. The molecule has 2 N–H and O–H groups in total. The van der Waals surface area contributed by atoms with E-state index in [1.807, 2.05) is 6.26 Å². The van der Waals surface area contributed by atoms with Crippen LogP contribution in [0, 0.1) is 0 Å². The molecule has 0 saturated heterocycles. The SMILES string of the molecule is CSCCC(NC(=O)CN(C)C)C(=O)O. The third-order valence-electron chi connectivity index (χ3n) is 1.70. The van der Waals surface area contributed by atoms with Crippen molar-refractivity contribution in [3.8, 4) is 0 Å². The quantitative estimate of drug-likeness (QED) is 0.642. The minimum Gasteiger partial charge on any atom is -0.480 e. The van der Waals surface area contributed by atoms with Crippen LogP contribution in [0.15, 0.2) is 0 Å². The number of rotatable bonds is 7. The zero-order chi connectivity index (χ0) is 11.8. The number of carbonyl (C=O) groups is 2. The van der Waals surface area contributed by atoms with Gasteiger partial charge in [-0.3, -0.25) is 4.79 Å². The smallest absolute Gasteiger partial charge is 0.326 e. The summed E-state index contributed by atoms with van der Waals surface area (Å²) in [4.78, 5) is 23.8. The molecule has 15 heavy (non-hydrogen) atoms. The molecule has 5 nitrogen and oxygen atoms in total. The van der Waals surface area contributed by atoms with Gasteiger partial charge in [0.2, 0.25) is 5.91 Å². The van der Waals surface area contributed by atoms with Gasteiger partial charge in [0.05, 0.1) is 6.54 Å². The van der Waals surface area contributed by atoms with Gasteiger partial charge < -0.3 is 15.3 Å². The Morgan fingerprint density at radius 2 is 2.07 bits per heavy atom. The van der Waals surface area contributed by atoms with Crippen molar-refractivity contribution in [2.45, 2.75) is 12.5 Å². The molecule has 1 unspecified atom stereocenters.